The van der Waals surface area contributed by atoms with Crippen LogP contribution in [0.1, 0.15) is 0 Å². The van der Waals surface area contributed by atoms with Crippen molar-refractivity contribution >= 4 is 15.9 Å². The van der Waals surface area contributed by atoms with Crippen molar-refractivity contribution in [3.63, 3.8) is 0 Å². The molecule has 3 nitrogen and oxygen atoms in total. The second-order valence-electron chi connectivity index (χ2n) is 1.39. The molecular formula is C5H5BrN2O. The lowest BCUT2D eigenvalue weighted by Gasteiger charge is -1.96. The SMILES string of the molecule is COc1nnccc1Br. The van der Waals surface area contributed by atoms with Crippen molar-refractivity contribution in [2.24, 2.45) is 0 Å². The largest absolute Gasteiger partial charge is 0.479 e. The van der Waals surface area contributed by atoms with Gasteiger partial charge in [-0.05, 0) is 22.0 Å². The maximum atomic E-state index is 4.82. The lowest BCUT2D eigenvalue weighted by molar-refractivity contribution is 0.389. The van der Waals surface area contributed by atoms with E-state index in [1.807, 2.05) is 0 Å². The maximum Gasteiger partial charge on any atom is 0.247 e. The Bertz CT molecular complexity index is 204. The standard InChI is InChI=1S/C5H5BrN2O/c1-9-5-4(6)2-3-7-8-5/h2-3H,1H3. The van der Waals surface area contributed by atoms with E-state index in [4.69, 9.17) is 4.74 Å². The molecule has 0 N–H and O–H groups in total. The molecule has 0 aliphatic carbocycles. The van der Waals surface area contributed by atoms with E-state index in [2.05, 4.69) is 26.1 Å². The van der Waals surface area contributed by atoms with Crippen LogP contribution >= 0.6 is 15.9 Å². The highest BCUT2D eigenvalue weighted by atomic mass is 79.9. The third-order valence-electron chi connectivity index (χ3n) is 0.834. The van der Waals surface area contributed by atoms with Gasteiger partial charge in [0.25, 0.3) is 0 Å². The smallest absolute Gasteiger partial charge is 0.247 e. The minimum absolute atomic E-state index is 0.512. The van der Waals surface area contributed by atoms with Gasteiger partial charge in [-0.2, -0.15) is 5.10 Å². The first-order chi connectivity index (χ1) is 4.34. The number of hydrogen-bond donors (Lipinski definition) is 0. The third kappa shape index (κ3) is 1.38. The summed E-state index contributed by atoms with van der Waals surface area (Å²) in [5, 5.41) is 7.29. The highest BCUT2D eigenvalue weighted by Gasteiger charge is 1.96. The van der Waals surface area contributed by atoms with Gasteiger partial charge in [-0.1, -0.05) is 0 Å². The Labute approximate surface area is 61.2 Å². The van der Waals surface area contributed by atoms with Crippen molar-refractivity contribution in [3.8, 4) is 5.88 Å². The van der Waals surface area contributed by atoms with Crippen LogP contribution in [0.2, 0.25) is 0 Å². The van der Waals surface area contributed by atoms with Crippen LogP contribution in [0.5, 0.6) is 5.88 Å². The molecule has 4 heteroatoms. The van der Waals surface area contributed by atoms with Crippen molar-refractivity contribution in [2.75, 3.05) is 7.11 Å². The Morgan fingerprint density at radius 2 is 2.44 bits per heavy atom. The van der Waals surface area contributed by atoms with Crippen molar-refractivity contribution in [3.05, 3.63) is 16.7 Å². The molecule has 0 aliphatic heterocycles. The fraction of sp³-hybridized carbons (Fsp3) is 0.200. The quantitative estimate of drug-likeness (QED) is 0.666. The molecule has 9 heavy (non-hydrogen) atoms. The molecule has 0 aliphatic rings. The summed E-state index contributed by atoms with van der Waals surface area (Å²) < 4.78 is 5.64. The number of ether oxygens (including phenoxy) is 1. The topological polar surface area (TPSA) is 35.0 Å². The number of rotatable bonds is 1. The Balaban J connectivity index is 3.01. The van der Waals surface area contributed by atoms with E-state index in [-0.39, 0.29) is 0 Å². The number of methoxy groups -OCH3 is 1. The minimum Gasteiger partial charge on any atom is -0.479 e. The average molecular weight is 189 g/mol. The van der Waals surface area contributed by atoms with E-state index in [0.717, 1.165) is 4.47 Å². The maximum absolute atomic E-state index is 4.82. The zero-order valence-corrected chi connectivity index (χ0v) is 6.42. The first kappa shape index (κ1) is 6.48. The van der Waals surface area contributed by atoms with Crippen LogP contribution in [0.4, 0.5) is 0 Å². The molecule has 1 aromatic rings. The number of aromatic nitrogens is 2. The Kier molecular flexibility index (Phi) is 2.00. The molecule has 0 amide bonds. The lowest BCUT2D eigenvalue weighted by Crippen LogP contribution is -1.89. The van der Waals surface area contributed by atoms with E-state index in [1.54, 1.807) is 19.4 Å². The summed E-state index contributed by atoms with van der Waals surface area (Å²) in [4.78, 5) is 0. The summed E-state index contributed by atoms with van der Waals surface area (Å²) >= 11 is 3.23. The second-order valence-corrected chi connectivity index (χ2v) is 2.24. The Hall–Kier alpha value is -0.640. The van der Waals surface area contributed by atoms with Crippen LogP contribution in [0.3, 0.4) is 0 Å². The van der Waals surface area contributed by atoms with Gasteiger partial charge in [0.05, 0.1) is 17.8 Å². The average Bonchev–Trinajstić information content (AvgIpc) is 1.89. The molecule has 0 unspecified atom stereocenters. The van der Waals surface area contributed by atoms with Crippen LogP contribution in [0.25, 0.3) is 0 Å². The summed E-state index contributed by atoms with van der Waals surface area (Å²) in [5.41, 5.74) is 0. The lowest BCUT2D eigenvalue weighted by atomic mass is 10.6. The zero-order valence-electron chi connectivity index (χ0n) is 4.84. The van der Waals surface area contributed by atoms with E-state index in [0.29, 0.717) is 5.88 Å². The van der Waals surface area contributed by atoms with Crippen LogP contribution in [0.15, 0.2) is 16.7 Å². The molecule has 1 heterocycles. The van der Waals surface area contributed by atoms with E-state index in [9.17, 15) is 0 Å². The Morgan fingerprint density at radius 3 is 2.89 bits per heavy atom. The van der Waals surface area contributed by atoms with Gasteiger partial charge in [0.1, 0.15) is 0 Å². The molecule has 1 aromatic heterocycles. The monoisotopic (exact) mass is 188 g/mol. The van der Waals surface area contributed by atoms with Crippen LogP contribution in [-0.2, 0) is 0 Å². The second kappa shape index (κ2) is 2.77. The zero-order chi connectivity index (χ0) is 6.69. The van der Waals surface area contributed by atoms with Gasteiger partial charge < -0.3 is 4.74 Å². The molecular weight excluding hydrogens is 184 g/mol. The van der Waals surface area contributed by atoms with Gasteiger partial charge in [-0.15, -0.1) is 5.10 Å². The minimum atomic E-state index is 0.512. The van der Waals surface area contributed by atoms with Crippen molar-refractivity contribution in [1.82, 2.24) is 10.2 Å². The first-order valence-electron chi connectivity index (χ1n) is 2.36. The van der Waals surface area contributed by atoms with Gasteiger partial charge in [0.2, 0.25) is 5.88 Å². The predicted molar refractivity (Wildman–Crippen MR) is 36.3 cm³/mol. The van der Waals surface area contributed by atoms with Crippen LogP contribution in [0, 0.1) is 0 Å². The molecule has 0 saturated carbocycles. The third-order valence-corrected chi connectivity index (χ3v) is 1.44. The van der Waals surface area contributed by atoms with Crippen molar-refractivity contribution in [2.45, 2.75) is 0 Å². The Morgan fingerprint density at radius 1 is 1.67 bits per heavy atom. The van der Waals surface area contributed by atoms with Gasteiger partial charge >= 0.3 is 0 Å². The predicted octanol–water partition coefficient (Wildman–Crippen LogP) is 1.25. The number of nitrogens with zero attached hydrogens (tertiary/aromatic N) is 2. The summed E-state index contributed by atoms with van der Waals surface area (Å²) in [6.07, 6.45) is 1.59. The van der Waals surface area contributed by atoms with E-state index in [1.165, 1.54) is 0 Å². The van der Waals surface area contributed by atoms with Gasteiger partial charge in [-0.25, -0.2) is 0 Å². The highest BCUT2D eigenvalue weighted by Crippen LogP contribution is 2.18. The van der Waals surface area contributed by atoms with Gasteiger partial charge in [0, 0.05) is 0 Å². The van der Waals surface area contributed by atoms with Gasteiger partial charge in [0.15, 0.2) is 0 Å². The van der Waals surface area contributed by atoms with E-state index >= 15 is 0 Å². The normalized spacial score (nSPS) is 9.11. The fourth-order valence-electron chi connectivity index (χ4n) is 0.442. The molecule has 48 valence electrons. The van der Waals surface area contributed by atoms with Crippen LogP contribution in [-0.4, -0.2) is 17.3 Å². The molecule has 0 aromatic carbocycles. The molecule has 0 bridgehead atoms. The molecule has 1 rings (SSSR count). The summed E-state index contributed by atoms with van der Waals surface area (Å²) in [7, 11) is 1.55. The summed E-state index contributed by atoms with van der Waals surface area (Å²) in [5.74, 6) is 0.512. The molecule has 0 radical (unpaired) electrons. The first-order valence-corrected chi connectivity index (χ1v) is 3.15. The summed E-state index contributed by atoms with van der Waals surface area (Å²) in [6.45, 7) is 0. The molecule has 0 saturated heterocycles. The van der Waals surface area contributed by atoms with Crippen molar-refractivity contribution < 1.29 is 4.74 Å². The highest BCUT2D eigenvalue weighted by molar-refractivity contribution is 9.10. The fourth-order valence-corrected chi connectivity index (χ4v) is 0.801. The van der Waals surface area contributed by atoms with Crippen molar-refractivity contribution in [1.29, 1.82) is 0 Å². The number of halogens is 1. The summed E-state index contributed by atoms with van der Waals surface area (Å²) in [6, 6.07) is 1.77. The van der Waals surface area contributed by atoms with Crippen LogP contribution < -0.4 is 4.74 Å². The van der Waals surface area contributed by atoms with Gasteiger partial charge in [-0.3, -0.25) is 0 Å². The number of hydrogen-bond acceptors (Lipinski definition) is 3. The molecule has 0 spiro atoms. The van der Waals surface area contributed by atoms with E-state index < -0.39 is 0 Å². The molecule has 0 fully saturated rings. The molecule has 0 atom stereocenters.